The topological polar surface area (TPSA) is 100 Å². The first-order valence-electron chi connectivity index (χ1n) is 13.0. The van der Waals surface area contributed by atoms with Crippen LogP contribution in [0.2, 0.25) is 0 Å². The second-order valence-corrected chi connectivity index (χ2v) is 10.3. The minimum absolute atomic E-state index is 0.185. The Kier molecular flexibility index (Phi) is 10.1. The van der Waals surface area contributed by atoms with E-state index in [9.17, 15) is 14.4 Å². The summed E-state index contributed by atoms with van der Waals surface area (Å²) in [5, 5.41) is 3.98. The first-order chi connectivity index (χ1) is 17.7. The van der Waals surface area contributed by atoms with Crippen LogP contribution in [0.25, 0.3) is 0 Å². The lowest BCUT2D eigenvalue weighted by Gasteiger charge is -2.27. The molecule has 8 nitrogen and oxygen atoms in total. The highest BCUT2D eigenvalue weighted by Gasteiger charge is 2.47. The van der Waals surface area contributed by atoms with Gasteiger partial charge in [-0.25, -0.2) is 4.79 Å². The zero-order valence-corrected chi connectivity index (χ0v) is 22.2. The number of nitrogens with zero attached hydrogens (tertiary/aromatic N) is 1. The summed E-state index contributed by atoms with van der Waals surface area (Å²) in [6.45, 7) is 7.48. The maximum Gasteiger partial charge on any atom is 0.408 e. The van der Waals surface area contributed by atoms with E-state index in [4.69, 9.17) is 9.47 Å². The number of carbonyl (C=O) groups is 3. The van der Waals surface area contributed by atoms with Crippen LogP contribution in [0.1, 0.15) is 58.1 Å². The van der Waals surface area contributed by atoms with E-state index in [0.29, 0.717) is 19.3 Å². The molecule has 2 aromatic rings. The number of alkyl carbamates (subject to hydrolysis) is 1. The van der Waals surface area contributed by atoms with Crippen LogP contribution in [-0.2, 0) is 31.9 Å². The van der Waals surface area contributed by atoms with Crippen molar-refractivity contribution in [2.24, 2.45) is 0 Å². The molecular weight excluding hydrogens is 470 g/mol. The summed E-state index contributed by atoms with van der Waals surface area (Å²) < 4.78 is 11.0. The van der Waals surface area contributed by atoms with Crippen molar-refractivity contribution in [3.8, 4) is 0 Å². The van der Waals surface area contributed by atoms with Gasteiger partial charge in [0, 0.05) is 6.54 Å². The molecule has 0 spiro atoms. The normalized spacial score (nSPS) is 17.4. The van der Waals surface area contributed by atoms with Gasteiger partial charge in [-0.05, 0) is 57.6 Å². The largest absolute Gasteiger partial charge is 0.444 e. The molecule has 3 atom stereocenters. The monoisotopic (exact) mass is 509 g/mol. The molecule has 1 aliphatic rings. The Hall–Kier alpha value is -3.39. The average molecular weight is 510 g/mol. The Bertz CT molecular complexity index is 1020. The molecule has 3 rings (SSSR count). The van der Waals surface area contributed by atoms with Gasteiger partial charge in [-0.2, -0.15) is 0 Å². The minimum atomic E-state index is -0.833. The van der Waals surface area contributed by atoms with Crippen LogP contribution in [0.5, 0.6) is 0 Å². The predicted octanol–water partition coefficient (Wildman–Crippen LogP) is 4.18. The Morgan fingerprint density at radius 3 is 2.14 bits per heavy atom. The van der Waals surface area contributed by atoms with Gasteiger partial charge in [0.05, 0.1) is 6.10 Å². The summed E-state index contributed by atoms with van der Waals surface area (Å²) in [5.41, 5.74) is 4.30. The van der Waals surface area contributed by atoms with Crippen LogP contribution in [0.4, 0.5) is 4.79 Å². The van der Waals surface area contributed by atoms with E-state index >= 15 is 0 Å². The van der Waals surface area contributed by atoms with Crippen molar-refractivity contribution in [2.45, 2.75) is 83.6 Å². The van der Waals surface area contributed by atoms with Gasteiger partial charge in [0.2, 0.25) is 0 Å². The zero-order valence-electron chi connectivity index (χ0n) is 22.2. The van der Waals surface area contributed by atoms with Crippen molar-refractivity contribution >= 4 is 17.9 Å². The molecule has 1 heterocycles. The number of hydrogen-bond acceptors (Lipinski definition) is 5. The lowest BCUT2D eigenvalue weighted by Crippen LogP contribution is -2.56. The fourth-order valence-corrected chi connectivity index (χ4v) is 4.01. The van der Waals surface area contributed by atoms with Crippen LogP contribution in [0, 0.1) is 0 Å². The molecule has 0 radical (unpaired) electrons. The smallest absolute Gasteiger partial charge is 0.408 e. The predicted molar refractivity (Wildman–Crippen MR) is 141 cm³/mol. The van der Waals surface area contributed by atoms with E-state index in [2.05, 4.69) is 22.9 Å². The number of carbonyl (C=O) groups excluding carboxylic acids is 3. The molecule has 8 heteroatoms. The summed E-state index contributed by atoms with van der Waals surface area (Å²) in [7, 11) is 0. The maximum atomic E-state index is 13.3. The van der Waals surface area contributed by atoms with Gasteiger partial charge in [-0.15, -0.1) is 0 Å². The van der Waals surface area contributed by atoms with Gasteiger partial charge in [-0.3, -0.25) is 20.0 Å². The third-order valence-corrected chi connectivity index (χ3v) is 5.95. The number of nitrogens with one attached hydrogen (secondary N) is 2. The fourth-order valence-electron chi connectivity index (χ4n) is 4.01. The molecule has 200 valence electrons. The maximum absolute atomic E-state index is 13.3. The Labute approximate surface area is 219 Å². The van der Waals surface area contributed by atoms with Gasteiger partial charge in [0.1, 0.15) is 11.6 Å². The molecule has 37 heavy (non-hydrogen) atoms. The van der Waals surface area contributed by atoms with Gasteiger partial charge in [0.25, 0.3) is 11.8 Å². The summed E-state index contributed by atoms with van der Waals surface area (Å²) in [4.78, 5) is 38.8. The van der Waals surface area contributed by atoms with E-state index < -0.39 is 29.7 Å². The fraction of sp³-hybridized carbons (Fsp3) is 0.483. The number of hydrogen-bond donors (Lipinski definition) is 2. The number of rotatable bonds is 11. The molecule has 0 unspecified atom stereocenters. The highest BCUT2D eigenvalue weighted by Crippen LogP contribution is 2.28. The standard InChI is InChI=1S/C29H39N3O5/c1-5-12-23(30-28(35)37-29(2,3)4)26(33)31-32(20-19-22-15-10-7-11-16-22)27(34)25-24(36-25)18-17-21-13-8-6-9-14-21/h6-11,13-16,23-25H,5,12,17-20H2,1-4H3,(H,30,35)(H,31,33)/t23-,24-,25+/m0/s1. The second-order valence-electron chi connectivity index (χ2n) is 10.3. The van der Waals surface area contributed by atoms with E-state index in [0.717, 1.165) is 18.4 Å². The molecule has 0 bridgehead atoms. The molecule has 1 aliphatic heterocycles. The van der Waals surface area contributed by atoms with Crippen LogP contribution in [0.15, 0.2) is 60.7 Å². The van der Waals surface area contributed by atoms with Crippen molar-refractivity contribution < 1.29 is 23.9 Å². The number of benzene rings is 2. The summed E-state index contributed by atoms with van der Waals surface area (Å²) in [5.74, 6) is -0.745. The van der Waals surface area contributed by atoms with Gasteiger partial charge in [0.15, 0.2) is 6.10 Å². The first-order valence-corrected chi connectivity index (χ1v) is 13.0. The Morgan fingerprint density at radius 1 is 0.973 bits per heavy atom. The number of hydrazine groups is 1. The van der Waals surface area contributed by atoms with Gasteiger partial charge in [-0.1, -0.05) is 74.0 Å². The van der Waals surface area contributed by atoms with Crippen molar-refractivity contribution in [1.29, 1.82) is 0 Å². The Morgan fingerprint density at radius 2 is 1.57 bits per heavy atom. The molecular formula is C29H39N3O5. The first kappa shape index (κ1) is 28.2. The highest BCUT2D eigenvalue weighted by atomic mass is 16.6. The summed E-state index contributed by atoms with van der Waals surface area (Å²) >= 11 is 0. The third-order valence-electron chi connectivity index (χ3n) is 5.95. The SMILES string of the molecule is CCC[C@H](NC(=O)OC(C)(C)C)C(=O)NN(CCc1ccccc1)C(=O)[C@@H]1O[C@H]1CCc1ccccc1. The van der Waals surface area contributed by atoms with E-state index in [1.807, 2.05) is 55.5 Å². The molecule has 0 aliphatic carbocycles. The van der Waals surface area contributed by atoms with Crippen LogP contribution < -0.4 is 10.7 Å². The zero-order chi connectivity index (χ0) is 26.8. The minimum Gasteiger partial charge on any atom is -0.444 e. The Balaban J connectivity index is 1.64. The number of aryl methyl sites for hydroxylation is 1. The van der Waals surface area contributed by atoms with Crippen molar-refractivity contribution in [2.75, 3.05) is 6.54 Å². The quantitative estimate of drug-likeness (QED) is 0.350. The molecule has 3 amide bonds. The molecule has 2 aromatic carbocycles. The van der Waals surface area contributed by atoms with Gasteiger partial charge >= 0.3 is 6.09 Å². The summed E-state index contributed by atoms with van der Waals surface area (Å²) in [6.07, 6.45) is 1.72. The van der Waals surface area contributed by atoms with Gasteiger partial charge < -0.3 is 14.8 Å². The number of amides is 3. The number of epoxide rings is 1. The van der Waals surface area contributed by atoms with Crippen LogP contribution >= 0.6 is 0 Å². The average Bonchev–Trinajstić information content (AvgIpc) is 3.64. The van der Waals surface area contributed by atoms with Crippen LogP contribution in [-0.4, -0.2) is 53.3 Å². The van der Waals surface area contributed by atoms with Crippen molar-refractivity contribution in [3.05, 3.63) is 71.8 Å². The molecule has 1 saturated heterocycles. The van der Waals surface area contributed by atoms with E-state index in [1.165, 1.54) is 10.6 Å². The lowest BCUT2D eigenvalue weighted by atomic mass is 10.1. The van der Waals surface area contributed by atoms with Crippen LogP contribution in [0.3, 0.4) is 0 Å². The van der Waals surface area contributed by atoms with Crippen molar-refractivity contribution in [1.82, 2.24) is 15.8 Å². The molecule has 2 N–H and O–H groups in total. The number of ether oxygens (including phenoxy) is 2. The molecule has 0 saturated carbocycles. The lowest BCUT2D eigenvalue weighted by molar-refractivity contribution is -0.143. The molecule has 0 aromatic heterocycles. The second kappa shape index (κ2) is 13.2. The summed E-state index contributed by atoms with van der Waals surface area (Å²) in [6, 6.07) is 19.0. The van der Waals surface area contributed by atoms with E-state index in [1.54, 1.807) is 20.8 Å². The molecule has 1 fully saturated rings. The van der Waals surface area contributed by atoms with Crippen molar-refractivity contribution in [3.63, 3.8) is 0 Å². The highest BCUT2D eigenvalue weighted by molar-refractivity contribution is 5.90. The van der Waals surface area contributed by atoms with E-state index in [-0.39, 0.29) is 18.6 Å². The third kappa shape index (κ3) is 9.53.